The van der Waals surface area contributed by atoms with Gasteiger partial charge in [-0.1, -0.05) is 43.6 Å². The standard InChI is InChI=1S/C30H43N3O3/c1-22(2)28-27(23(3)36-31-28)29(34)33-16-14-30(15-17-33)13-7-6-9-25-8-4-5-10-26(25)35-19-18-32(21-30)20-24-11-12-24/h4-5,8,10,22,24H,6-7,9,11-21H2,1-3H3. The van der Waals surface area contributed by atoms with Crippen LogP contribution in [0.3, 0.4) is 0 Å². The van der Waals surface area contributed by atoms with Crippen molar-refractivity contribution in [3.63, 3.8) is 0 Å². The molecule has 1 aliphatic carbocycles. The molecule has 196 valence electrons. The molecule has 2 fully saturated rings. The zero-order valence-electron chi connectivity index (χ0n) is 22.4. The average molecular weight is 494 g/mol. The maximum atomic E-state index is 13.5. The van der Waals surface area contributed by atoms with Crippen molar-refractivity contribution in [3.8, 4) is 5.75 Å². The number of aromatic nitrogens is 1. The van der Waals surface area contributed by atoms with Gasteiger partial charge in [-0.15, -0.1) is 0 Å². The van der Waals surface area contributed by atoms with Gasteiger partial charge in [-0.3, -0.25) is 9.69 Å². The number of amides is 1. The molecule has 36 heavy (non-hydrogen) atoms. The van der Waals surface area contributed by atoms with Gasteiger partial charge in [0.25, 0.3) is 5.91 Å². The third kappa shape index (κ3) is 5.80. The van der Waals surface area contributed by atoms with E-state index in [2.05, 4.69) is 53.1 Å². The van der Waals surface area contributed by atoms with Crippen molar-refractivity contribution in [3.05, 3.63) is 46.8 Å². The van der Waals surface area contributed by atoms with Gasteiger partial charge in [0.15, 0.2) is 0 Å². The Morgan fingerprint density at radius 1 is 1.11 bits per heavy atom. The zero-order valence-corrected chi connectivity index (χ0v) is 22.4. The van der Waals surface area contributed by atoms with Crippen LogP contribution in [0.25, 0.3) is 0 Å². The molecule has 1 aromatic carbocycles. The van der Waals surface area contributed by atoms with Crippen molar-refractivity contribution in [2.45, 2.75) is 78.1 Å². The van der Waals surface area contributed by atoms with Crippen LogP contribution in [0.4, 0.5) is 0 Å². The highest BCUT2D eigenvalue weighted by molar-refractivity contribution is 5.96. The van der Waals surface area contributed by atoms with Gasteiger partial charge in [-0.05, 0) is 80.8 Å². The van der Waals surface area contributed by atoms with E-state index in [1.54, 1.807) is 0 Å². The third-order valence-electron chi connectivity index (χ3n) is 8.57. The molecule has 0 bridgehead atoms. The Labute approximate surface area is 216 Å². The maximum Gasteiger partial charge on any atom is 0.259 e. The van der Waals surface area contributed by atoms with Gasteiger partial charge < -0.3 is 14.2 Å². The first kappa shape index (κ1) is 25.3. The summed E-state index contributed by atoms with van der Waals surface area (Å²) in [6.07, 6.45) is 9.60. The minimum absolute atomic E-state index is 0.0975. The van der Waals surface area contributed by atoms with Crippen LogP contribution in [0.2, 0.25) is 0 Å². The number of aryl methyl sites for hydroxylation is 2. The van der Waals surface area contributed by atoms with E-state index in [1.165, 1.54) is 44.2 Å². The summed E-state index contributed by atoms with van der Waals surface area (Å²) < 4.78 is 11.7. The lowest BCUT2D eigenvalue weighted by atomic mass is 9.73. The fraction of sp³-hybridized carbons (Fsp3) is 0.667. The van der Waals surface area contributed by atoms with Crippen LogP contribution in [0.5, 0.6) is 5.75 Å². The SMILES string of the molecule is Cc1onc(C(C)C)c1C(=O)N1CCC2(CCCCc3ccccc3OCCN(CC3CC3)C2)CC1. The molecular weight excluding hydrogens is 450 g/mol. The summed E-state index contributed by atoms with van der Waals surface area (Å²) in [6.45, 7) is 11.7. The second-order valence-electron chi connectivity index (χ2n) is 11.8. The first-order valence-electron chi connectivity index (χ1n) is 14.1. The van der Waals surface area contributed by atoms with Crippen molar-refractivity contribution in [2.75, 3.05) is 39.3 Å². The monoisotopic (exact) mass is 493 g/mol. The summed E-state index contributed by atoms with van der Waals surface area (Å²) in [5.41, 5.74) is 3.09. The lowest BCUT2D eigenvalue weighted by Crippen LogP contribution is -2.49. The quantitative estimate of drug-likeness (QED) is 0.535. The number of ether oxygens (including phenoxy) is 1. The number of hydrogen-bond donors (Lipinski definition) is 0. The van der Waals surface area contributed by atoms with Gasteiger partial charge in [0, 0.05) is 32.7 Å². The van der Waals surface area contributed by atoms with Crippen LogP contribution < -0.4 is 4.74 Å². The zero-order chi connectivity index (χ0) is 25.1. The van der Waals surface area contributed by atoms with E-state index < -0.39 is 0 Å². The highest BCUT2D eigenvalue weighted by atomic mass is 16.5. The number of hydrogen-bond acceptors (Lipinski definition) is 5. The van der Waals surface area contributed by atoms with Crippen LogP contribution in [0.15, 0.2) is 28.8 Å². The van der Waals surface area contributed by atoms with E-state index >= 15 is 0 Å². The summed E-state index contributed by atoms with van der Waals surface area (Å²) in [7, 11) is 0. The minimum atomic E-state index is 0.0975. The molecule has 3 heterocycles. The number of carbonyl (C=O) groups is 1. The Morgan fingerprint density at radius 2 is 1.89 bits per heavy atom. The largest absolute Gasteiger partial charge is 0.492 e. The topological polar surface area (TPSA) is 58.8 Å². The molecule has 1 amide bonds. The Hall–Kier alpha value is -2.34. The molecule has 1 saturated heterocycles. The second kappa shape index (κ2) is 11.0. The number of nitrogens with zero attached hydrogens (tertiary/aromatic N) is 3. The first-order chi connectivity index (χ1) is 17.4. The molecule has 2 aromatic rings. The van der Waals surface area contributed by atoms with Crippen molar-refractivity contribution in [1.82, 2.24) is 15.0 Å². The fourth-order valence-corrected chi connectivity index (χ4v) is 6.20. The summed E-state index contributed by atoms with van der Waals surface area (Å²) >= 11 is 0. The number of likely N-dealkylation sites (tertiary alicyclic amines) is 1. The smallest absolute Gasteiger partial charge is 0.259 e. The Kier molecular flexibility index (Phi) is 7.71. The molecule has 0 atom stereocenters. The predicted octanol–water partition coefficient (Wildman–Crippen LogP) is 5.85. The lowest BCUT2D eigenvalue weighted by molar-refractivity contribution is 0.0366. The fourth-order valence-electron chi connectivity index (χ4n) is 6.20. The van der Waals surface area contributed by atoms with Crippen LogP contribution in [-0.4, -0.2) is 60.2 Å². The van der Waals surface area contributed by atoms with Crippen LogP contribution >= 0.6 is 0 Å². The average Bonchev–Trinajstić information content (AvgIpc) is 3.59. The molecule has 0 N–H and O–H groups in total. The molecule has 1 aromatic heterocycles. The first-order valence-corrected chi connectivity index (χ1v) is 14.1. The highest BCUT2D eigenvalue weighted by Crippen LogP contribution is 2.40. The van der Waals surface area contributed by atoms with E-state index in [-0.39, 0.29) is 17.2 Å². The Morgan fingerprint density at radius 3 is 2.64 bits per heavy atom. The number of piperidine rings is 1. The van der Waals surface area contributed by atoms with E-state index in [0.717, 1.165) is 69.4 Å². The predicted molar refractivity (Wildman–Crippen MR) is 142 cm³/mol. The molecule has 2 aliphatic heterocycles. The van der Waals surface area contributed by atoms with E-state index in [4.69, 9.17) is 9.26 Å². The Bertz CT molecular complexity index is 1030. The molecular formula is C30H43N3O3. The summed E-state index contributed by atoms with van der Waals surface area (Å²) in [6, 6.07) is 8.56. The summed E-state index contributed by atoms with van der Waals surface area (Å²) in [4.78, 5) is 18.3. The maximum absolute atomic E-state index is 13.5. The van der Waals surface area contributed by atoms with Crippen LogP contribution in [0, 0.1) is 18.3 Å². The number of benzene rings is 1. The highest BCUT2D eigenvalue weighted by Gasteiger charge is 2.39. The molecule has 6 heteroatoms. The van der Waals surface area contributed by atoms with Crippen LogP contribution in [-0.2, 0) is 6.42 Å². The van der Waals surface area contributed by atoms with Crippen molar-refractivity contribution in [2.24, 2.45) is 11.3 Å². The summed E-state index contributed by atoms with van der Waals surface area (Å²) in [5, 5.41) is 4.19. The van der Waals surface area contributed by atoms with Crippen molar-refractivity contribution in [1.29, 1.82) is 0 Å². The molecule has 5 rings (SSSR count). The van der Waals surface area contributed by atoms with E-state index in [1.807, 2.05) is 6.92 Å². The van der Waals surface area contributed by atoms with Gasteiger partial charge in [0.05, 0.1) is 5.69 Å². The van der Waals surface area contributed by atoms with Gasteiger partial charge in [0.1, 0.15) is 23.7 Å². The van der Waals surface area contributed by atoms with Gasteiger partial charge in [-0.2, -0.15) is 0 Å². The Balaban J connectivity index is 1.29. The van der Waals surface area contributed by atoms with Gasteiger partial charge >= 0.3 is 0 Å². The number of rotatable bonds is 4. The molecule has 3 aliphatic rings. The van der Waals surface area contributed by atoms with E-state index in [0.29, 0.717) is 11.3 Å². The molecule has 0 unspecified atom stereocenters. The van der Waals surface area contributed by atoms with E-state index in [9.17, 15) is 4.79 Å². The molecule has 1 spiro atoms. The van der Waals surface area contributed by atoms with Gasteiger partial charge in [0.2, 0.25) is 0 Å². The molecule has 1 saturated carbocycles. The molecule has 6 nitrogen and oxygen atoms in total. The number of fused-ring (bicyclic) bond motifs is 1. The molecule has 0 radical (unpaired) electrons. The van der Waals surface area contributed by atoms with Crippen molar-refractivity contribution >= 4 is 5.91 Å². The minimum Gasteiger partial charge on any atom is -0.492 e. The summed E-state index contributed by atoms with van der Waals surface area (Å²) in [5.74, 6) is 2.84. The normalized spacial score (nSPS) is 21.5. The van der Waals surface area contributed by atoms with Gasteiger partial charge in [-0.25, -0.2) is 0 Å². The van der Waals surface area contributed by atoms with Crippen molar-refractivity contribution < 1.29 is 14.1 Å². The lowest BCUT2D eigenvalue weighted by Gasteiger charge is -2.45. The van der Waals surface area contributed by atoms with Crippen LogP contribution in [0.1, 0.15) is 92.1 Å². The third-order valence-corrected chi connectivity index (χ3v) is 8.57. The number of carbonyl (C=O) groups excluding carboxylic acids is 1. The number of para-hydroxylation sites is 1. The second-order valence-corrected chi connectivity index (χ2v) is 11.8.